The molecule has 0 saturated carbocycles. The van der Waals surface area contributed by atoms with E-state index >= 15 is 0 Å². The van der Waals surface area contributed by atoms with Gasteiger partial charge < -0.3 is 10.2 Å². The van der Waals surface area contributed by atoms with Crippen molar-refractivity contribution < 1.29 is 12.8 Å². The Morgan fingerprint density at radius 1 is 1.42 bits per heavy atom. The lowest BCUT2D eigenvalue weighted by atomic mass is 10.3. The third-order valence-corrected chi connectivity index (χ3v) is 3.91. The van der Waals surface area contributed by atoms with E-state index in [1.54, 1.807) is 12.1 Å². The molecule has 0 aliphatic rings. The van der Waals surface area contributed by atoms with Crippen molar-refractivity contribution in [3.8, 4) is 0 Å². The first-order valence-electron chi connectivity index (χ1n) is 5.27. The van der Waals surface area contributed by atoms with Crippen LogP contribution in [0, 0.1) is 0 Å². The van der Waals surface area contributed by atoms with E-state index in [0.29, 0.717) is 11.5 Å². The van der Waals surface area contributed by atoms with Gasteiger partial charge in [-0.15, -0.1) is 0 Å². The van der Waals surface area contributed by atoms with E-state index in [-0.39, 0.29) is 16.4 Å². The van der Waals surface area contributed by atoms with Crippen molar-refractivity contribution in [2.45, 2.75) is 11.4 Å². The topological polar surface area (TPSA) is 98.2 Å². The summed E-state index contributed by atoms with van der Waals surface area (Å²) < 4.78 is 31.3. The van der Waals surface area contributed by atoms with E-state index in [1.807, 2.05) is 0 Å². The Bertz CT molecular complexity index is 664. The fourth-order valence-corrected chi connectivity index (χ4v) is 2.41. The van der Waals surface area contributed by atoms with Gasteiger partial charge in [0.15, 0.2) is 0 Å². The summed E-state index contributed by atoms with van der Waals surface area (Å²) in [5.41, 5.74) is 5.76. The Labute approximate surface area is 115 Å². The van der Waals surface area contributed by atoms with Gasteiger partial charge in [-0.1, -0.05) is 12.2 Å². The summed E-state index contributed by atoms with van der Waals surface area (Å²) in [6, 6.07) is 6.22. The molecule has 8 heteroatoms. The molecule has 0 amide bonds. The molecular weight excluding hydrogens is 286 g/mol. The monoisotopic (exact) mass is 297 g/mol. The average molecular weight is 297 g/mol. The molecule has 2 rings (SSSR count). The number of sulfonamides is 1. The number of nitrogens with one attached hydrogen (secondary N) is 1. The van der Waals surface area contributed by atoms with Gasteiger partial charge in [0.25, 0.3) is 0 Å². The molecule has 0 aliphatic heterocycles. The van der Waals surface area contributed by atoms with E-state index < -0.39 is 10.0 Å². The summed E-state index contributed by atoms with van der Waals surface area (Å²) in [7, 11) is -3.64. The minimum Gasteiger partial charge on any atom is -0.468 e. The van der Waals surface area contributed by atoms with Gasteiger partial charge in [0, 0.05) is 6.20 Å². The third kappa shape index (κ3) is 3.37. The molecule has 0 aliphatic carbocycles. The number of furan rings is 1. The van der Waals surface area contributed by atoms with Crippen LogP contribution in [0.4, 0.5) is 0 Å². The van der Waals surface area contributed by atoms with Crippen molar-refractivity contribution >= 4 is 27.2 Å². The molecule has 0 atom stereocenters. The largest absolute Gasteiger partial charge is 0.468 e. The summed E-state index contributed by atoms with van der Waals surface area (Å²) in [4.78, 5) is 4.04. The molecule has 100 valence electrons. The molecular formula is C11H11N3O3S2. The van der Waals surface area contributed by atoms with Crippen molar-refractivity contribution in [3.63, 3.8) is 0 Å². The van der Waals surface area contributed by atoms with Gasteiger partial charge in [-0.3, -0.25) is 4.98 Å². The van der Waals surface area contributed by atoms with Crippen LogP contribution in [0.25, 0.3) is 0 Å². The zero-order valence-electron chi connectivity index (χ0n) is 9.74. The van der Waals surface area contributed by atoms with Gasteiger partial charge in [0.1, 0.15) is 15.6 Å². The van der Waals surface area contributed by atoms with Crippen molar-refractivity contribution in [2.24, 2.45) is 5.73 Å². The maximum Gasteiger partial charge on any atom is 0.242 e. The summed E-state index contributed by atoms with van der Waals surface area (Å²) in [6.45, 7) is 0.0758. The molecule has 0 aromatic carbocycles. The number of nitrogens with zero attached hydrogens (tertiary/aromatic N) is 1. The molecule has 2 aromatic heterocycles. The molecule has 2 heterocycles. The molecule has 0 saturated heterocycles. The lowest BCUT2D eigenvalue weighted by molar-refractivity contribution is 0.498. The zero-order chi connectivity index (χ0) is 13.9. The predicted molar refractivity (Wildman–Crippen MR) is 72.9 cm³/mol. The van der Waals surface area contributed by atoms with Gasteiger partial charge in [-0.05, 0) is 24.3 Å². The van der Waals surface area contributed by atoms with Crippen molar-refractivity contribution in [1.29, 1.82) is 0 Å². The first-order valence-corrected chi connectivity index (χ1v) is 7.16. The van der Waals surface area contributed by atoms with Gasteiger partial charge in [-0.25, -0.2) is 13.1 Å². The maximum atomic E-state index is 12.0. The lowest BCUT2D eigenvalue weighted by Crippen LogP contribution is -2.23. The summed E-state index contributed by atoms with van der Waals surface area (Å²) in [5.74, 6) is 0.524. The zero-order valence-corrected chi connectivity index (χ0v) is 11.4. The highest BCUT2D eigenvalue weighted by Gasteiger charge is 2.15. The molecule has 19 heavy (non-hydrogen) atoms. The molecule has 0 fully saturated rings. The van der Waals surface area contributed by atoms with Crippen LogP contribution in [0.3, 0.4) is 0 Å². The molecule has 0 spiro atoms. The quantitative estimate of drug-likeness (QED) is 0.792. The second kappa shape index (κ2) is 5.47. The van der Waals surface area contributed by atoms with Crippen LogP contribution in [0.1, 0.15) is 11.5 Å². The minimum absolute atomic E-state index is 0.0408. The van der Waals surface area contributed by atoms with Crippen molar-refractivity contribution in [3.05, 3.63) is 48.2 Å². The molecule has 6 nitrogen and oxygen atoms in total. The van der Waals surface area contributed by atoms with Crippen LogP contribution >= 0.6 is 12.2 Å². The van der Waals surface area contributed by atoms with Gasteiger partial charge in [0.05, 0.1) is 18.5 Å². The lowest BCUT2D eigenvalue weighted by Gasteiger charge is -2.05. The second-order valence-corrected chi connectivity index (χ2v) is 5.85. The van der Waals surface area contributed by atoms with Gasteiger partial charge >= 0.3 is 0 Å². The van der Waals surface area contributed by atoms with Crippen molar-refractivity contribution in [1.82, 2.24) is 9.71 Å². The molecule has 2 aromatic rings. The van der Waals surface area contributed by atoms with Crippen LogP contribution in [-0.2, 0) is 16.6 Å². The second-order valence-electron chi connectivity index (χ2n) is 3.65. The Hall–Kier alpha value is -1.77. The number of hydrogen-bond donors (Lipinski definition) is 2. The van der Waals surface area contributed by atoms with E-state index in [2.05, 4.69) is 9.71 Å². The van der Waals surface area contributed by atoms with Crippen LogP contribution < -0.4 is 10.5 Å². The van der Waals surface area contributed by atoms with E-state index in [9.17, 15) is 8.42 Å². The first-order chi connectivity index (χ1) is 8.99. The van der Waals surface area contributed by atoms with Crippen LogP contribution in [0.2, 0.25) is 0 Å². The van der Waals surface area contributed by atoms with E-state index in [4.69, 9.17) is 22.4 Å². The predicted octanol–water partition coefficient (Wildman–Crippen LogP) is 0.787. The average Bonchev–Trinajstić information content (AvgIpc) is 2.90. The summed E-state index contributed by atoms with van der Waals surface area (Å²) in [5, 5.41) is 0. The third-order valence-electron chi connectivity index (χ3n) is 2.32. The van der Waals surface area contributed by atoms with Crippen molar-refractivity contribution in [2.75, 3.05) is 0 Å². The highest BCUT2D eigenvalue weighted by atomic mass is 32.2. The number of rotatable bonds is 5. The highest BCUT2D eigenvalue weighted by Crippen LogP contribution is 2.09. The SMILES string of the molecule is NC(=S)c1ccc(S(=O)(=O)NCc2ccco2)cn1. The number of thiocarbonyl (C=S) groups is 1. The molecule has 0 unspecified atom stereocenters. The first kappa shape index (κ1) is 13.7. The van der Waals surface area contributed by atoms with E-state index in [1.165, 1.54) is 24.6 Å². The summed E-state index contributed by atoms with van der Waals surface area (Å²) >= 11 is 4.74. The molecule has 0 bridgehead atoms. The Kier molecular flexibility index (Phi) is 3.93. The Balaban J connectivity index is 2.13. The number of aromatic nitrogens is 1. The smallest absolute Gasteiger partial charge is 0.242 e. The van der Waals surface area contributed by atoms with Crippen LogP contribution in [0.5, 0.6) is 0 Å². The normalized spacial score (nSPS) is 11.4. The Morgan fingerprint density at radius 3 is 2.74 bits per heavy atom. The minimum atomic E-state index is -3.64. The highest BCUT2D eigenvalue weighted by molar-refractivity contribution is 7.89. The van der Waals surface area contributed by atoms with Crippen LogP contribution in [0.15, 0.2) is 46.0 Å². The van der Waals surface area contributed by atoms with Crippen LogP contribution in [-0.4, -0.2) is 18.4 Å². The standard InChI is InChI=1S/C11H11N3O3S2/c12-11(18)10-4-3-9(7-13-10)19(15,16)14-6-8-2-1-5-17-8/h1-5,7,14H,6H2,(H2,12,18). The number of nitrogens with two attached hydrogens (primary N) is 1. The maximum absolute atomic E-state index is 12.0. The molecule has 0 radical (unpaired) electrons. The van der Waals surface area contributed by atoms with Gasteiger partial charge in [0.2, 0.25) is 10.0 Å². The number of pyridine rings is 1. The Morgan fingerprint density at radius 2 is 2.21 bits per heavy atom. The number of hydrogen-bond acceptors (Lipinski definition) is 5. The van der Waals surface area contributed by atoms with Gasteiger partial charge in [-0.2, -0.15) is 0 Å². The fraction of sp³-hybridized carbons (Fsp3) is 0.0909. The molecule has 3 N–H and O–H groups in total. The van der Waals surface area contributed by atoms with E-state index in [0.717, 1.165) is 0 Å². The fourth-order valence-electron chi connectivity index (χ4n) is 1.35. The summed E-state index contributed by atoms with van der Waals surface area (Å²) in [6.07, 6.45) is 2.68.